The zero-order valence-electron chi connectivity index (χ0n) is 24.6. The highest BCUT2D eigenvalue weighted by Gasteiger charge is 2.42. The molecule has 1 fully saturated rings. The number of nitrogens with one attached hydrogen (secondary N) is 2. The van der Waals surface area contributed by atoms with Crippen molar-refractivity contribution < 1.29 is 23.8 Å². The van der Waals surface area contributed by atoms with E-state index in [0.717, 1.165) is 34.0 Å². The van der Waals surface area contributed by atoms with Crippen molar-refractivity contribution in [2.45, 2.75) is 25.9 Å². The predicted molar refractivity (Wildman–Crippen MR) is 168 cm³/mol. The Labute approximate surface area is 255 Å². The highest BCUT2D eigenvalue weighted by atomic mass is 32.1. The van der Waals surface area contributed by atoms with Crippen LogP contribution in [0.1, 0.15) is 45.1 Å². The van der Waals surface area contributed by atoms with E-state index in [9.17, 15) is 9.59 Å². The fraction of sp³-hybridized carbons (Fsp3) is 0.250. The van der Waals surface area contributed by atoms with E-state index in [1.807, 2.05) is 67.3 Å². The molecule has 5 rings (SSSR count). The Morgan fingerprint density at radius 2 is 1.81 bits per heavy atom. The lowest BCUT2D eigenvalue weighted by Gasteiger charge is -2.29. The van der Waals surface area contributed by atoms with Crippen LogP contribution in [0.2, 0.25) is 0 Å². The molecule has 222 valence electrons. The maximum absolute atomic E-state index is 12.4. The van der Waals surface area contributed by atoms with Gasteiger partial charge in [-0.05, 0) is 86.2 Å². The molecule has 2 aromatic carbocycles. The Morgan fingerprint density at radius 3 is 2.51 bits per heavy atom. The molecule has 0 unspecified atom stereocenters. The Hall–Kier alpha value is -4.74. The summed E-state index contributed by atoms with van der Waals surface area (Å²) in [5, 5.41) is 6.87. The lowest BCUT2D eigenvalue weighted by molar-refractivity contribution is -0.119. The molecule has 1 saturated heterocycles. The average molecular weight is 600 g/mol. The van der Waals surface area contributed by atoms with Gasteiger partial charge in [-0.2, -0.15) is 0 Å². The van der Waals surface area contributed by atoms with Crippen LogP contribution in [-0.2, 0) is 14.3 Å². The quantitative estimate of drug-likeness (QED) is 0.202. The predicted octanol–water partition coefficient (Wildman–Crippen LogP) is 5.05. The monoisotopic (exact) mass is 599 g/mol. The molecule has 4 aromatic rings. The van der Waals surface area contributed by atoms with Crippen LogP contribution in [0.3, 0.4) is 0 Å². The molecule has 10 nitrogen and oxygen atoms in total. The first-order chi connectivity index (χ1) is 20.8. The molecule has 0 saturated carbocycles. The number of anilines is 2. The third-order valence-corrected chi connectivity index (χ3v) is 7.74. The largest absolute Gasteiger partial charge is 0.495 e. The second-order valence-electron chi connectivity index (χ2n) is 10.1. The molecule has 0 radical (unpaired) electrons. The number of pyridine rings is 1. The number of hydrogen-bond donors (Lipinski definition) is 2. The molecular weight excluding hydrogens is 566 g/mol. The summed E-state index contributed by atoms with van der Waals surface area (Å²) < 4.78 is 17.6. The average Bonchev–Trinajstić information content (AvgIpc) is 3.51. The number of ether oxygens (including phenoxy) is 3. The second kappa shape index (κ2) is 12.6. The van der Waals surface area contributed by atoms with Crippen LogP contribution in [0.15, 0.2) is 72.9 Å². The van der Waals surface area contributed by atoms with Gasteiger partial charge in [-0.25, -0.2) is 4.79 Å². The molecule has 2 atom stereocenters. The third-order valence-electron chi connectivity index (χ3n) is 7.42. The van der Waals surface area contributed by atoms with Crippen molar-refractivity contribution in [2.24, 2.45) is 0 Å². The fourth-order valence-corrected chi connectivity index (χ4v) is 5.93. The second-order valence-corrected chi connectivity index (χ2v) is 10.5. The van der Waals surface area contributed by atoms with Gasteiger partial charge in [0, 0.05) is 36.1 Å². The SMILES string of the molecule is COCC(=O)Nc1cc(N2C(=S)N[C@@H](c3ccccn3)[C@@H]2c2cc(C)n(-c3cccc(C(=O)OC)c3)c2C)ccc1OC. The number of aryl methyl sites for hydroxylation is 1. The first-order valence-corrected chi connectivity index (χ1v) is 14.0. The highest BCUT2D eigenvalue weighted by molar-refractivity contribution is 7.80. The number of amides is 1. The van der Waals surface area contributed by atoms with E-state index in [1.54, 1.807) is 25.4 Å². The van der Waals surface area contributed by atoms with Crippen LogP contribution in [0.5, 0.6) is 5.75 Å². The summed E-state index contributed by atoms with van der Waals surface area (Å²) in [5.74, 6) is -0.197. The molecule has 0 bridgehead atoms. The third kappa shape index (κ3) is 5.81. The minimum Gasteiger partial charge on any atom is -0.495 e. The molecule has 1 amide bonds. The summed E-state index contributed by atoms with van der Waals surface area (Å²) in [6, 6.07) is 20.2. The number of carbonyl (C=O) groups excluding carboxylic acids is 2. The maximum Gasteiger partial charge on any atom is 0.337 e. The van der Waals surface area contributed by atoms with E-state index in [2.05, 4.69) is 26.3 Å². The van der Waals surface area contributed by atoms with E-state index in [0.29, 0.717) is 22.1 Å². The van der Waals surface area contributed by atoms with Crippen molar-refractivity contribution >= 4 is 40.6 Å². The normalized spacial score (nSPS) is 16.1. The zero-order valence-corrected chi connectivity index (χ0v) is 25.4. The standard InChI is InChI=1S/C32H33N5O5S/c1-19-15-24(20(2)36(19)22-10-8-9-21(16-22)31(39)42-5)30-29(25-11-6-7-14-33-25)35-32(43)37(30)23-12-13-27(41-4)26(17-23)34-28(38)18-40-3/h6-17,29-30H,18H2,1-5H3,(H,34,38)(H,35,43)/t29-,30-/m0/s1. The van der Waals surface area contributed by atoms with E-state index >= 15 is 0 Å². The highest BCUT2D eigenvalue weighted by Crippen LogP contribution is 2.45. The summed E-state index contributed by atoms with van der Waals surface area (Å²) in [6.45, 7) is 3.98. The molecule has 2 N–H and O–H groups in total. The fourth-order valence-electron chi connectivity index (χ4n) is 5.58. The number of nitrogens with zero attached hydrogens (tertiary/aromatic N) is 3. The zero-order chi connectivity index (χ0) is 30.7. The number of rotatable bonds is 9. The Kier molecular flexibility index (Phi) is 8.74. The van der Waals surface area contributed by atoms with Crippen LogP contribution in [0.4, 0.5) is 11.4 Å². The van der Waals surface area contributed by atoms with Crippen molar-refractivity contribution in [3.05, 3.63) is 101 Å². The summed E-state index contributed by atoms with van der Waals surface area (Å²) >= 11 is 5.94. The van der Waals surface area contributed by atoms with E-state index < -0.39 is 5.97 Å². The van der Waals surface area contributed by atoms with Gasteiger partial charge in [0.15, 0.2) is 5.11 Å². The smallest absolute Gasteiger partial charge is 0.337 e. The molecule has 0 spiro atoms. The van der Waals surface area contributed by atoms with Crippen LogP contribution in [-0.4, -0.2) is 54.5 Å². The molecule has 2 aromatic heterocycles. The first-order valence-electron chi connectivity index (χ1n) is 13.6. The Bertz CT molecular complexity index is 1670. The van der Waals surface area contributed by atoms with Crippen LogP contribution >= 0.6 is 12.2 Å². The number of methoxy groups -OCH3 is 3. The van der Waals surface area contributed by atoms with Gasteiger partial charge in [0.25, 0.3) is 0 Å². The minimum absolute atomic E-state index is 0.0927. The van der Waals surface area contributed by atoms with Crippen molar-refractivity contribution in [2.75, 3.05) is 38.2 Å². The van der Waals surface area contributed by atoms with Gasteiger partial charge in [-0.15, -0.1) is 0 Å². The number of benzene rings is 2. The van der Waals surface area contributed by atoms with Gasteiger partial charge in [0.1, 0.15) is 12.4 Å². The first kappa shape index (κ1) is 29.7. The topological polar surface area (TPSA) is 107 Å². The number of hydrogen-bond acceptors (Lipinski definition) is 7. The summed E-state index contributed by atoms with van der Waals surface area (Å²) in [6.07, 6.45) is 1.76. The molecule has 1 aliphatic rings. The lowest BCUT2D eigenvalue weighted by atomic mass is 9.96. The van der Waals surface area contributed by atoms with Crippen molar-refractivity contribution in [1.29, 1.82) is 0 Å². The van der Waals surface area contributed by atoms with Crippen molar-refractivity contribution in [3.8, 4) is 11.4 Å². The lowest BCUT2D eigenvalue weighted by Crippen LogP contribution is -2.29. The van der Waals surface area contributed by atoms with Gasteiger partial charge >= 0.3 is 5.97 Å². The van der Waals surface area contributed by atoms with Crippen molar-refractivity contribution in [1.82, 2.24) is 14.9 Å². The van der Waals surface area contributed by atoms with Crippen molar-refractivity contribution in [3.63, 3.8) is 0 Å². The van der Waals surface area contributed by atoms with E-state index in [-0.39, 0.29) is 24.6 Å². The number of aromatic nitrogens is 2. The summed E-state index contributed by atoms with van der Waals surface area (Å²) in [7, 11) is 4.38. The van der Waals surface area contributed by atoms with Crippen LogP contribution < -0.4 is 20.3 Å². The maximum atomic E-state index is 12.4. The molecule has 0 aliphatic carbocycles. The minimum atomic E-state index is -0.399. The number of esters is 1. The Balaban J connectivity index is 1.64. The molecular formula is C32H33N5O5S. The van der Waals surface area contributed by atoms with Crippen LogP contribution in [0.25, 0.3) is 5.69 Å². The van der Waals surface area contributed by atoms with Gasteiger partial charge < -0.3 is 34.3 Å². The number of thiocarbonyl (C=S) groups is 1. The van der Waals surface area contributed by atoms with Crippen LogP contribution in [0, 0.1) is 13.8 Å². The Morgan fingerprint density at radius 1 is 1.00 bits per heavy atom. The van der Waals surface area contributed by atoms with Gasteiger partial charge in [0.05, 0.1) is 43.2 Å². The number of carbonyl (C=O) groups is 2. The molecule has 1 aliphatic heterocycles. The van der Waals surface area contributed by atoms with Gasteiger partial charge in [-0.3, -0.25) is 9.78 Å². The van der Waals surface area contributed by atoms with Gasteiger partial charge in [-0.1, -0.05) is 12.1 Å². The molecule has 11 heteroatoms. The summed E-state index contributed by atoms with van der Waals surface area (Å²) in [4.78, 5) is 31.4. The van der Waals surface area contributed by atoms with E-state index in [4.69, 9.17) is 26.4 Å². The van der Waals surface area contributed by atoms with E-state index in [1.165, 1.54) is 14.2 Å². The van der Waals surface area contributed by atoms with Gasteiger partial charge in [0.2, 0.25) is 5.91 Å². The summed E-state index contributed by atoms with van der Waals surface area (Å²) in [5.41, 5.74) is 6.36. The molecule has 43 heavy (non-hydrogen) atoms. The molecule has 3 heterocycles.